The van der Waals surface area contributed by atoms with Crippen molar-refractivity contribution in [1.29, 1.82) is 0 Å². The smallest absolute Gasteiger partial charge is 0.303 e. The number of rotatable bonds is 12. The molecule has 0 bridgehead atoms. The lowest BCUT2D eigenvalue weighted by atomic mass is 9.91. The third kappa shape index (κ3) is 6.67. The molecular weight excluding hydrogens is 580 g/mol. The topological polar surface area (TPSA) is 161 Å². The van der Waals surface area contributed by atoms with E-state index in [1.54, 1.807) is 0 Å². The van der Waals surface area contributed by atoms with Crippen molar-refractivity contribution in [2.45, 2.75) is 78.0 Å². The van der Waals surface area contributed by atoms with Gasteiger partial charge < -0.3 is 25.8 Å². The van der Waals surface area contributed by atoms with E-state index >= 15 is 0 Å². The molecule has 10 nitrogen and oxygen atoms in total. The quantitative estimate of drug-likeness (QED) is 0.189. The molecule has 0 aliphatic carbocycles. The summed E-state index contributed by atoms with van der Waals surface area (Å²) in [7, 11) is 0. The predicted molar refractivity (Wildman–Crippen MR) is 172 cm³/mol. The maximum atomic E-state index is 12.5. The number of thiol groups is 1. The molecule has 1 aromatic heterocycles. The molecule has 4 rings (SSSR count). The first kappa shape index (κ1) is 32.8. The zero-order valence-corrected chi connectivity index (χ0v) is 26.6. The van der Waals surface area contributed by atoms with Gasteiger partial charge in [0.05, 0.1) is 11.8 Å². The van der Waals surface area contributed by atoms with Crippen molar-refractivity contribution < 1.29 is 29.4 Å². The first-order valence-corrected chi connectivity index (χ1v) is 15.2. The third-order valence-electron chi connectivity index (χ3n) is 8.85. The Morgan fingerprint density at radius 3 is 2.30 bits per heavy atom. The number of carbonyl (C=O) groups is 4. The van der Waals surface area contributed by atoms with Gasteiger partial charge in [0.2, 0.25) is 5.91 Å². The Hall–Kier alpha value is -4.12. The van der Waals surface area contributed by atoms with Crippen molar-refractivity contribution in [3.63, 3.8) is 0 Å². The number of carbonyl (C=O) groups excluding carboxylic acids is 2. The number of aliphatic imine (C=N–C) groups is 1. The fraction of sp³-hybridized carbons (Fsp3) is 0.424. The maximum absolute atomic E-state index is 12.5. The molecule has 4 unspecified atom stereocenters. The summed E-state index contributed by atoms with van der Waals surface area (Å²) in [6, 6.07) is -0.389. The summed E-state index contributed by atoms with van der Waals surface area (Å²) in [6.45, 7) is 13.2. The van der Waals surface area contributed by atoms with Gasteiger partial charge in [-0.1, -0.05) is 26.5 Å². The molecular formula is C33H40N4O6S. The van der Waals surface area contributed by atoms with Crippen LogP contribution in [-0.2, 0) is 32.0 Å². The van der Waals surface area contributed by atoms with Gasteiger partial charge in [-0.15, -0.1) is 0 Å². The van der Waals surface area contributed by atoms with Gasteiger partial charge in [0, 0.05) is 64.7 Å². The number of amides is 2. The molecule has 5 N–H and O–H groups in total. The number of H-pyrrole nitrogens is 1. The molecule has 1 fully saturated rings. The Balaban J connectivity index is 1.76. The van der Waals surface area contributed by atoms with E-state index in [9.17, 15) is 29.4 Å². The van der Waals surface area contributed by atoms with Gasteiger partial charge in [-0.25, -0.2) is 0 Å². The molecule has 2 amide bonds. The molecule has 0 spiro atoms. The molecule has 3 aliphatic heterocycles. The van der Waals surface area contributed by atoms with Crippen LogP contribution in [0.1, 0.15) is 69.5 Å². The highest BCUT2D eigenvalue weighted by Gasteiger charge is 2.38. The van der Waals surface area contributed by atoms with Gasteiger partial charge in [-0.2, -0.15) is 12.6 Å². The summed E-state index contributed by atoms with van der Waals surface area (Å²) in [5.41, 5.74) is 8.35. The first-order chi connectivity index (χ1) is 20.7. The summed E-state index contributed by atoms with van der Waals surface area (Å²) in [4.78, 5) is 56.4. The fourth-order valence-electron chi connectivity index (χ4n) is 6.33. The van der Waals surface area contributed by atoms with Crippen molar-refractivity contribution in [1.82, 2.24) is 15.6 Å². The molecule has 0 radical (unpaired) electrons. The van der Waals surface area contributed by atoms with Crippen molar-refractivity contribution in [3.8, 4) is 0 Å². The zero-order chi connectivity index (χ0) is 32.5. The number of nitrogens with one attached hydrogen (secondary N) is 3. The Labute approximate surface area is 262 Å². The minimum Gasteiger partial charge on any atom is -0.481 e. The number of aliphatic carboxylic acids is 2. The number of carboxylic acid groups (broad SMARTS) is 2. The second-order valence-corrected chi connectivity index (χ2v) is 12.5. The van der Waals surface area contributed by atoms with Crippen LogP contribution in [0.4, 0.5) is 0 Å². The van der Waals surface area contributed by atoms with E-state index in [1.165, 1.54) is 6.08 Å². The minimum absolute atomic E-state index is 0.0608. The highest BCUT2D eigenvalue weighted by molar-refractivity contribution is 7.80. The summed E-state index contributed by atoms with van der Waals surface area (Å²) in [5, 5.41) is 24.7. The van der Waals surface area contributed by atoms with Crippen LogP contribution >= 0.6 is 12.6 Å². The first-order valence-electron chi connectivity index (χ1n) is 14.7. The highest BCUT2D eigenvalue weighted by Crippen LogP contribution is 2.36. The van der Waals surface area contributed by atoms with Crippen LogP contribution in [0.5, 0.6) is 0 Å². The van der Waals surface area contributed by atoms with Gasteiger partial charge in [-0.3, -0.25) is 24.2 Å². The van der Waals surface area contributed by atoms with Crippen molar-refractivity contribution in [3.05, 3.63) is 74.9 Å². The van der Waals surface area contributed by atoms with E-state index in [0.717, 1.165) is 44.9 Å². The number of carboxylic acids is 2. The Kier molecular flexibility index (Phi) is 9.88. The van der Waals surface area contributed by atoms with Gasteiger partial charge in [0.25, 0.3) is 5.91 Å². The van der Waals surface area contributed by atoms with E-state index in [2.05, 4.69) is 34.8 Å². The average Bonchev–Trinajstić information content (AvgIpc) is 3.59. The third-order valence-corrected chi connectivity index (χ3v) is 9.17. The van der Waals surface area contributed by atoms with Crippen molar-refractivity contribution >= 4 is 48.2 Å². The summed E-state index contributed by atoms with van der Waals surface area (Å²) < 4.78 is 0. The molecule has 0 aromatic carbocycles. The van der Waals surface area contributed by atoms with E-state index in [0.29, 0.717) is 36.2 Å². The van der Waals surface area contributed by atoms with Crippen LogP contribution in [0.25, 0.3) is 6.08 Å². The second-order valence-electron chi connectivity index (χ2n) is 11.7. The summed E-state index contributed by atoms with van der Waals surface area (Å²) in [6.07, 6.45) is 6.11. The van der Waals surface area contributed by atoms with Crippen LogP contribution in [-0.4, -0.2) is 56.0 Å². The number of hydrogen-bond donors (Lipinski definition) is 6. The van der Waals surface area contributed by atoms with Crippen molar-refractivity contribution in [2.24, 2.45) is 16.8 Å². The van der Waals surface area contributed by atoms with E-state index in [1.807, 2.05) is 46.8 Å². The van der Waals surface area contributed by atoms with Crippen LogP contribution in [0.3, 0.4) is 0 Å². The van der Waals surface area contributed by atoms with Crippen LogP contribution in [0.2, 0.25) is 0 Å². The number of allylic oxidation sites excluding steroid dienone is 4. The molecule has 1 aromatic rings. The molecule has 4 heterocycles. The Morgan fingerprint density at radius 2 is 1.70 bits per heavy atom. The predicted octanol–water partition coefficient (Wildman–Crippen LogP) is 4.44. The largest absolute Gasteiger partial charge is 0.481 e. The molecule has 44 heavy (non-hydrogen) atoms. The molecule has 3 aliphatic rings. The molecule has 1 saturated heterocycles. The second kappa shape index (κ2) is 13.3. The lowest BCUT2D eigenvalue weighted by Crippen LogP contribution is -2.19. The molecule has 4 atom stereocenters. The SMILES string of the molecule is C=CC1=C(C)/C(=C\C2=NC(Cc3[nH]c(/C=C4\NC(=O)C(C)C4C(C)S)c(C)c3CCC(=O)O)C(CCC(=O)O)=C2C)NC1=O. The van der Waals surface area contributed by atoms with E-state index < -0.39 is 11.9 Å². The van der Waals surface area contributed by atoms with Crippen LogP contribution in [0, 0.1) is 18.8 Å². The van der Waals surface area contributed by atoms with E-state index in [-0.39, 0.29) is 47.8 Å². The maximum Gasteiger partial charge on any atom is 0.303 e. The van der Waals surface area contributed by atoms with Crippen LogP contribution < -0.4 is 10.6 Å². The normalized spacial score (nSPS) is 24.3. The molecule has 234 valence electrons. The zero-order valence-electron chi connectivity index (χ0n) is 25.7. The Bertz CT molecular complexity index is 1590. The van der Waals surface area contributed by atoms with Gasteiger partial charge in [0.15, 0.2) is 0 Å². The van der Waals surface area contributed by atoms with Crippen molar-refractivity contribution in [2.75, 3.05) is 0 Å². The summed E-state index contributed by atoms with van der Waals surface area (Å²) in [5.74, 6) is -2.46. The molecule has 11 heteroatoms. The number of aromatic amines is 1. The minimum atomic E-state index is -0.916. The lowest BCUT2D eigenvalue weighted by Gasteiger charge is -2.17. The Morgan fingerprint density at radius 1 is 1.05 bits per heavy atom. The van der Waals surface area contributed by atoms with E-state index in [4.69, 9.17) is 4.99 Å². The monoisotopic (exact) mass is 620 g/mol. The highest BCUT2D eigenvalue weighted by atomic mass is 32.1. The average molecular weight is 621 g/mol. The molecule has 0 saturated carbocycles. The number of hydrogen-bond acceptors (Lipinski definition) is 6. The van der Waals surface area contributed by atoms with Crippen LogP contribution in [0.15, 0.2) is 57.4 Å². The number of aromatic nitrogens is 1. The van der Waals surface area contributed by atoms with Gasteiger partial charge in [-0.05, 0) is 73.6 Å². The standard InChI is InChI=1S/C33H40N4O6S/c1-7-20-15(2)25(36-33(20)43)12-23-16(3)21(8-10-29(38)39)26(34-23)14-27-22(9-11-30(40)41)17(4)24(35-27)13-28-31(19(6)44)18(5)32(42)37-28/h7,12-13,18-19,26,31,35,44H,1,8-11,14H2,2-6H3,(H,36,43)(H,37,42)(H,38,39)(H,40,41)/b25-12+,28-13-. The van der Waals surface area contributed by atoms with Gasteiger partial charge in [0.1, 0.15) is 0 Å². The van der Waals surface area contributed by atoms with Gasteiger partial charge >= 0.3 is 11.9 Å². The fourth-order valence-corrected chi connectivity index (χ4v) is 6.75. The lowest BCUT2D eigenvalue weighted by molar-refractivity contribution is -0.138. The number of nitrogens with zero attached hydrogens (tertiary/aromatic N) is 1. The summed E-state index contributed by atoms with van der Waals surface area (Å²) >= 11 is 4.62.